The van der Waals surface area contributed by atoms with Crippen LogP contribution in [-0.2, 0) is 6.42 Å². The second-order valence-electron chi connectivity index (χ2n) is 4.32. The molecule has 0 saturated heterocycles. The molecule has 0 aliphatic heterocycles. The van der Waals surface area contributed by atoms with Crippen LogP contribution in [0.3, 0.4) is 0 Å². The Hall–Kier alpha value is -1.10. The van der Waals surface area contributed by atoms with Crippen molar-refractivity contribution in [3.05, 3.63) is 55.6 Å². The average molecular weight is 374 g/mol. The zero-order valence-electron chi connectivity index (χ0n) is 10.6. The van der Waals surface area contributed by atoms with E-state index in [9.17, 15) is 4.79 Å². The van der Waals surface area contributed by atoms with Crippen molar-refractivity contribution in [1.82, 2.24) is 4.98 Å². The van der Waals surface area contributed by atoms with Gasteiger partial charge in [0.25, 0.3) is 0 Å². The van der Waals surface area contributed by atoms with Crippen molar-refractivity contribution >= 4 is 50.7 Å². The number of nitrogens with zero attached hydrogens (tertiary/aromatic N) is 1. The molecule has 104 valence electrons. The quantitative estimate of drug-likeness (QED) is 0.804. The third-order valence-electron chi connectivity index (χ3n) is 2.91. The van der Waals surface area contributed by atoms with Crippen molar-refractivity contribution in [2.45, 2.75) is 13.3 Å². The number of rotatable bonds is 3. The second kappa shape index (κ2) is 6.12. The molecule has 0 amide bonds. The number of Topliss-reactive ketones (excluding diaryl/α,β-unsaturated/α-hetero) is 1. The lowest BCUT2D eigenvalue weighted by molar-refractivity contribution is 0.101. The Labute approximate surface area is 135 Å². The summed E-state index contributed by atoms with van der Waals surface area (Å²) >= 11 is 15.7. The monoisotopic (exact) mass is 372 g/mol. The summed E-state index contributed by atoms with van der Waals surface area (Å²) in [6, 6.07) is 5.55. The molecule has 0 saturated carbocycles. The van der Waals surface area contributed by atoms with E-state index in [1.165, 1.54) is 13.1 Å². The van der Waals surface area contributed by atoms with Crippen LogP contribution in [0, 0.1) is 0 Å². The number of carbonyl (C=O) groups is 1. The fraction of sp³-hybridized carbons (Fsp3) is 0.143. The average Bonchev–Trinajstić information content (AvgIpc) is 2.37. The molecule has 0 aliphatic carbocycles. The van der Waals surface area contributed by atoms with Crippen molar-refractivity contribution in [2.24, 2.45) is 0 Å². The van der Waals surface area contributed by atoms with E-state index in [4.69, 9.17) is 28.9 Å². The summed E-state index contributed by atoms with van der Waals surface area (Å²) in [5, 5.41) is 0.900. The number of hydrogen-bond acceptors (Lipinski definition) is 3. The van der Waals surface area contributed by atoms with Gasteiger partial charge in [0.05, 0.1) is 5.02 Å². The van der Waals surface area contributed by atoms with E-state index in [1.807, 2.05) is 12.1 Å². The standard InChI is InChI=1S/C14H11BrCl2N2O/c1-7(20)11-6-19-14(18)13(17)10(11)4-8-2-3-9(15)5-12(8)16/h2-3,5-6H,4H2,1H3,(H2,18,19). The molecule has 0 bridgehead atoms. The number of benzene rings is 1. The van der Waals surface area contributed by atoms with Gasteiger partial charge in [-0.15, -0.1) is 0 Å². The molecule has 2 aromatic rings. The van der Waals surface area contributed by atoms with Gasteiger partial charge in [0.2, 0.25) is 0 Å². The first-order chi connectivity index (χ1) is 9.40. The van der Waals surface area contributed by atoms with Gasteiger partial charge in [-0.2, -0.15) is 0 Å². The minimum atomic E-state index is -0.109. The summed E-state index contributed by atoms with van der Waals surface area (Å²) in [5.74, 6) is 0.0996. The molecule has 0 fully saturated rings. The summed E-state index contributed by atoms with van der Waals surface area (Å²) in [6.45, 7) is 1.47. The molecule has 0 unspecified atom stereocenters. The van der Waals surface area contributed by atoms with E-state index >= 15 is 0 Å². The third-order valence-corrected chi connectivity index (χ3v) is 4.18. The zero-order chi connectivity index (χ0) is 14.9. The van der Waals surface area contributed by atoms with Gasteiger partial charge in [-0.25, -0.2) is 4.98 Å². The molecule has 0 aliphatic rings. The smallest absolute Gasteiger partial charge is 0.161 e. The molecule has 3 nitrogen and oxygen atoms in total. The lowest BCUT2D eigenvalue weighted by Crippen LogP contribution is -2.06. The number of nitrogens with two attached hydrogens (primary N) is 1. The first-order valence-corrected chi connectivity index (χ1v) is 7.32. The molecule has 0 radical (unpaired) electrons. The van der Waals surface area contributed by atoms with E-state index in [0.717, 1.165) is 10.0 Å². The summed E-state index contributed by atoms with van der Waals surface area (Å²) in [4.78, 5) is 15.6. The number of carbonyl (C=O) groups excluding carboxylic acids is 1. The van der Waals surface area contributed by atoms with Crippen molar-refractivity contribution in [2.75, 3.05) is 5.73 Å². The van der Waals surface area contributed by atoms with Crippen LogP contribution in [0.25, 0.3) is 0 Å². The minimum absolute atomic E-state index is 0.109. The Morgan fingerprint density at radius 3 is 2.70 bits per heavy atom. The van der Waals surface area contributed by atoms with Crippen molar-refractivity contribution < 1.29 is 4.79 Å². The molecular formula is C14H11BrCl2N2O. The Kier molecular flexibility index (Phi) is 4.68. The number of hydrogen-bond donors (Lipinski definition) is 1. The van der Waals surface area contributed by atoms with Crippen LogP contribution in [0.5, 0.6) is 0 Å². The van der Waals surface area contributed by atoms with E-state index in [1.54, 1.807) is 6.07 Å². The first kappa shape index (κ1) is 15.3. The second-order valence-corrected chi connectivity index (χ2v) is 6.02. The van der Waals surface area contributed by atoms with Crippen molar-refractivity contribution in [3.8, 4) is 0 Å². The first-order valence-electron chi connectivity index (χ1n) is 5.78. The van der Waals surface area contributed by atoms with Gasteiger partial charge in [-0.05, 0) is 30.2 Å². The Morgan fingerprint density at radius 2 is 2.10 bits per heavy atom. The molecule has 0 spiro atoms. The Balaban J connectivity index is 2.52. The molecule has 20 heavy (non-hydrogen) atoms. The van der Waals surface area contributed by atoms with E-state index in [-0.39, 0.29) is 11.6 Å². The molecule has 2 N–H and O–H groups in total. The van der Waals surface area contributed by atoms with Gasteiger partial charge in [-0.3, -0.25) is 4.79 Å². The maximum Gasteiger partial charge on any atom is 0.161 e. The number of aromatic nitrogens is 1. The van der Waals surface area contributed by atoms with Gasteiger partial charge in [0, 0.05) is 27.7 Å². The van der Waals surface area contributed by atoms with Gasteiger partial charge in [0.15, 0.2) is 5.78 Å². The third kappa shape index (κ3) is 3.14. The molecule has 0 atom stereocenters. The van der Waals surface area contributed by atoms with Crippen LogP contribution in [-0.4, -0.2) is 10.8 Å². The molecular weight excluding hydrogens is 363 g/mol. The highest BCUT2D eigenvalue weighted by Gasteiger charge is 2.16. The van der Waals surface area contributed by atoms with Crippen LogP contribution in [0.1, 0.15) is 28.4 Å². The van der Waals surface area contributed by atoms with Crippen molar-refractivity contribution in [3.63, 3.8) is 0 Å². The van der Waals surface area contributed by atoms with Crippen LogP contribution in [0.4, 0.5) is 5.82 Å². The molecule has 2 rings (SSSR count). The number of ketones is 1. The SMILES string of the molecule is CC(=O)c1cnc(N)c(Cl)c1Cc1ccc(Br)cc1Cl. The van der Waals surface area contributed by atoms with Gasteiger partial charge >= 0.3 is 0 Å². The lowest BCUT2D eigenvalue weighted by Gasteiger charge is -2.12. The maximum absolute atomic E-state index is 11.7. The van der Waals surface area contributed by atoms with Crippen LogP contribution >= 0.6 is 39.1 Å². The lowest BCUT2D eigenvalue weighted by atomic mass is 9.99. The highest BCUT2D eigenvalue weighted by atomic mass is 79.9. The highest BCUT2D eigenvalue weighted by Crippen LogP contribution is 2.30. The van der Waals surface area contributed by atoms with Crippen LogP contribution in [0.15, 0.2) is 28.9 Å². The summed E-state index contributed by atoms with van der Waals surface area (Å²) in [7, 11) is 0. The van der Waals surface area contributed by atoms with Gasteiger partial charge in [0.1, 0.15) is 5.82 Å². The van der Waals surface area contributed by atoms with Gasteiger partial charge < -0.3 is 5.73 Å². The van der Waals surface area contributed by atoms with Crippen LogP contribution in [0.2, 0.25) is 10.0 Å². The topological polar surface area (TPSA) is 56.0 Å². The van der Waals surface area contributed by atoms with Crippen LogP contribution < -0.4 is 5.73 Å². The molecule has 6 heteroatoms. The zero-order valence-corrected chi connectivity index (χ0v) is 13.7. The number of nitrogen functional groups attached to an aromatic ring is 1. The Morgan fingerprint density at radius 1 is 1.40 bits per heavy atom. The Bertz CT molecular complexity index is 689. The fourth-order valence-electron chi connectivity index (χ4n) is 1.87. The highest BCUT2D eigenvalue weighted by molar-refractivity contribution is 9.10. The summed E-state index contributed by atoms with van der Waals surface area (Å²) in [6.07, 6.45) is 1.87. The summed E-state index contributed by atoms with van der Waals surface area (Å²) in [5.41, 5.74) is 7.69. The normalized spacial score (nSPS) is 10.6. The molecule has 1 aromatic heterocycles. The maximum atomic E-state index is 11.7. The van der Waals surface area contributed by atoms with E-state index < -0.39 is 0 Å². The van der Waals surface area contributed by atoms with Crippen molar-refractivity contribution in [1.29, 1.82) is 0 Å². The number of halogens is 3. The van der Waals surface area contributed by atoms with Gasteiger partial charge in [-0.1, -0.05) is 45.2 Å². The number of anilines is 1. The molecule has 1 aromatic carbocycles. The predicted octanol–water partition coefficient (Wildman–Crippen LogP) is 4.53. The largest absolute Gasteiger partial charge is 0.382 e. The minimum Gasteiger partial charge on any atom is -0.382 e. The molecule has 1 heterocycles. The predicted molar refractivity (Wildman–Crippen MR) is 85.6 cm³/mol. The number of pyridine rings is 1. The van der Waals surface area contributed by atoms with E-state index in [2.05, 4.69) is 20.9 Å². The fourth-order valence-corrected chi connectivity index (χ4v) is 2.83. The summed E-state index contributed by atoms with van der Waals surface area (Å²) < 4.78 is 0.887. The van der Waals surface area contributed by atoms with E-state index in [0.29, 0.717) is 27.6 Å².